The molecule has 2 aromatic rings. The summed E-state index contributed by atoms with van der Waals surface area (Å²) in [6.45, 7) is 2.37. The molecule has 1 fully saturated rings. The van der Waals surface area contributed by atoms with E-state index < -0.39 is 17.9 Å². The third kappa shape index (κ3) is 4.07. The number of amides is 1. The minimum absolute atomic E-state index is 0.00667. The van der Waals surface area contributed by atoms with Crippen LogP contribution in [0.5, 0.6) is 0 Å². The molecule has 0 aliphatic carbocycles. The van der Waals surface area contributed by atoms with Crippen molar-refractivity contribution >= 4 is 29.2 Å². The number of nitrogens with two attached hydrogens (primary N) is 1. The van der Waals surface area contributed by atoms with Crippen LogP contribution in [0.1, 0.15) is 29.9 Å². The van der Waals surface area contributed by atoms with Crippen LogP contribution in [0.3, 0.4) is 0 Å². The van der Waals surface area contributed by atoms with Gasteiger partial charge in [-0.05, 0) is 36.6 Å². The van der Waals surface area contributed by atoms with Gasteiger partial charge in [0.05, 0.1) is 43.0 Å². The van der Waals surface area contributed by atoms with E-state index in [0.717, 1.165) is 6.42 Å². The molecule has 0 saturated carbocycles. The highest BCUT2D eigenvalue weighted by atomic mass is 16.5. The topological polar surface area (TPSA) is 126 Å². The quantitative estimate of drug-likeness (QED) is 0.639. The van der Waals surface area contributed by atoms with E-state index in [4.69, 9.17) is 15.2 Å². The van der Waals surface area contributed by atoms with Crippen LogP contribution in [0.4, 0.5) is 11.4 Å². The van der Waals surface area contributed by atoms with Crippen LogP contribution in [0.2, 0.25) is 0 Å². The Balaban J connectivity index is 2.03. The van der Waals surface area contributed by atoms with Crippen LogP contribution in [-0.2, 0) is 23.9 Å². The molecule has 184 valence electrons. The van der Waals surface area contributed by atoms with Crippen molar-refractivity contribution in [2.45, 2.75) is 25.7 Å². The van der Waals surface area contributed by atoms with Crippen LogP contribution in [0.25, 0.3) is 0 Å². The maximum Gasteiger partial charge on any atom is 0.355 e. The minimum Gasteiger partial charge on any atom is -0.466 e. The Labute approximate surface area is 209 Å². The molecule has 2 N–H and O–H groups in total. The largest absolute Gasteiger partial charge is 0.466 e. The number of anilines is 2. The summed E-state index contributed by atoms with van der Waals surface area (Å²) in [6.07, 6.45) is 1.19. The summed E-state index contributed by atoms with van der Waals surface area (Å²) in [4.78, 5) is 41.9. The number of nitrogens with zero attached hydrogens (tertiary/aromatic N) is 3. The fourth-order valence-electron chi connectivity index (χ4n) is 4.69. The van der Waals surface area contributed by atoms with Crippen LogP contribution < -0.4 is 15.5 Å². The van der Waals surface area contributed by atoms with Crippen molar-refractivity contribution in [1.29, 1.82) is 5.26 Å². The highest BCUT2D eigenvalue weighted by Gasteiger charge is 2.43. The molecule has 2 aliphatic rings. The van der Waals surface area contributed by atoms with Gasteiger partial charge >= 0.3 is 11.9 Å². The Morgan fingerprint density at radius 2 is 1.78 bits per heavy atom. The molecule has 2 aliphatic heterocycles. The molecule has 36 heavy (non-hydrogen) atoms. The van der Waals surface area contributed by atoms with Crippen molar-refractivity contribution in [3.63, 3.8) is 0 Å². The van der Waals surface area contributed by atoms with Gasteiger partial charge in [0.25, 0.3) is 0 Å². The highest BCUT2D eigenvalue weighted by molar-refractivity contribution is 6.07. The fourth-order valence-corrected chi connectivity index (χ4v) is 4.69. The number of rotatable bonds is 5. The molecule has 1 unspecified atom stereocenters. The zero-order valence-electron chi connectivity index (χ0n) is 20.3. The average Bonchev–Trinajstić information content (AvgIpc) is 3.33. The lowest BCUT2D eigenvalue weighted by Gasteiger charge is -2.37. The molecule has 1 saturated heterocycles. The first-order valence-electron chi connectivity index (χ1n) is 11.4. The number of hydrogen-bond acceptors (Lipinski definition) is 8. The molecule has 4 rings (SSSR count). The van der Waals surface area contributed by atoms with Gasteiger partial charge in [0.15, 0.2) is 0 Å². The number of carbonyl (C=O) groups is 3. The summed E-state index contributed by atoms with van der Waals surface area (Å²) in [5.41, 5.74) is 8.80. The van der Waals surface area contributed by atoms with Gasteiger partial charge in [-0.1, -0.05) is 36.4 Å². The van der Waals surface area contributed by atoms with Crippen molar-refractivity contribution in [3.8, 4) is 6.07 Å². The first kappa shape index (κ1) is 24.5. The predicted octanol–water partition coefficient (Wildman–Crippen LogP) is 3.02. The molecule has 0 spiro atoms. The number of ether oxygens (including phenoxy) is 2. The molecule has 1 amide bonds. The van der Waals surface area contributed by atoms with Gasteiger partial charge < -0.3 is 20.1 Å². The van der Waals surface area contributed by atoms with Crippen molar-refractivity contribution < 1.29 is 23.9 Å². The second-order valence-corrected chi connectivity index (χ2v) is 8.45. The molecule has 9 nitrogen and oxygen atoms in total. The fraction of sp³-hybridized carbons (Fsp3) is 0.259. The molecular weight excluding hydrogens is 460 g/mol. The lowest BCUT2D eigenvalue weighted by atomic mass is 9.80. The van der Waals surface area contributed by atoms with E-state index in [0.29, 0.717) is 35.5 Å². The van der Waals surface area contributed by atoms with Crippen LogP contribution in [-0.4, -0.2) is 38.6 Å². The van der Waals surface area contributed by atoms with E-state index in [1.54, 1.807) is 54.3 Å². The minimum atomic E-state index is -0.947. The number of carbonyl (C=O) groups excluding carboxylic acids is 3. The van der Waals surface area contributed by atoms with Crippen LogP contribution >= 0.6 is 0 Å². The Kier molecular flexibility index (Phi) is 6.79. The predicted molar refractivity (Wildman–Crippen MR) is 132 cm³/mol. The third-order valence-corrected chi connectivity index (χ3v) is 6.43. The van der Waals surface area contributed by atoms with Gasteiger partial charge in [-0.15, -0.1) is 0 Å². The summed E-state index contributed by atoms with van der Waals surface area (Å²) < 4.78 is 10.2. The second-order valence-electron chi connectivity index (χ2n) is 8.45. The zero-order valence-corrected chi connectivity index (χ0v) is 20.3. The maximum absolute atomic E-state index is 13.2. The van der Waals surface area contributed by atoms with Crippen molar-refractivity contribution in [3.05, 3.63) is 82.3 Å². The molecule has 0 aromatic heterocycles. The highest BCUT2D eigenvalue weighted by Crippen LogP contribution is 2.44. The lowest BCUT2D eigenvalue weighted by Crippen LogP contribution is -2.41. The maximum atomic E-state index is 13.2. The Morgan fingerprint density at radius 3 is 2.36 bits per heavy atom. The van der Waals surface area contributed by atoms with Gasteiger partial charge in [-0.25, -0.2) is 9.59 Å². The second kappa shape index (κ2) is 9.96. The van der Waals surface area contributed by atoms with Crippen LogP contribution in [0, 0.1) is 18.3 Å². The van der Waals surface area contributed by atoms with E-state index in [1.165, 1.54) is 19.1 Å². The van der Waals surface area contributed by atoms with E-state index in [1.807, 2.05) is 6.07 Å². The molecule has 0 bridgehead atoms. The van der Waals surface area contributed by atoms with E-state index in [-0.39, 0.29) is 28.6 Å². The summed E-state index contributed by atoms with van der Waals surface area (Å²) in [5, 5.41) is 10.2. The summed E-state index contributed by atoms with van der Waals surface area (Å²) in [6, 6.07) is 16.3. The summed E-state index contributed by atoms with van der Waals surface area (Å²) >= 11 is 0. The van der Waals surface area contributed by atoms with Crippen molar-refractivity contribution in [1.82, 2.24) is 0 Å². The van der Waals surface area contributed by atoms with Gasteiger partial charge in [-0.2, -0.15) is 5.26 Å². The molecule has 0 radical (unpaired) electrons. The van der Waals surface area contributed by atoms with Gasteiger partial charge in [0.1, 0.15) is 11.5 Å². The van der Waals surface area contributed by atoms with E-state index in [9.17, 15) is 19.6 Å². The molecule has 2 heterocycles. The number of methoxy groups -OCH3 is 2. The average molecular weight is 487 g/mol. The molecule has 9 heteroatoms. The standard InChI is InChI=1S/C27H26N4O5/c1-16-11-12-18(30-13-7-10-21(30)32)14-20(16)31-24(27(34)36-3)23(26(33)35-2)22(19(15-28)25(31)29)17-8-5-4-6-9-17/h4-6,8-9,11-12,14,22H,7,10,13,29H2,1-3H3. The number of esters is 2. The summed E-state index contributed by atoms with van der Waals surface area (Å²) in [5.74, 6) is -2.59. The lowest BCUT2D eigenvalue weighted by molar-refractivity contribution is -0.139. The van der Waals surface area contributed by atoms with Crippen molar-refractivity contribution in [2.24, 2.45) is 5.73 Å². The van der Waals surface area contributed by atoms with Gasteiger partial charge in [-0.3, -0.25) is 9.69 Å². The Hall–Kier alpha value is -4.58. The normalized spacial score (nSPS) is 17.8. The molecule has 1 atom stereocenters. The van der Waals surface area contributed by atoms with Gasteiger partial charge in [0.2, 0.25) is 5.91 Å². The monoisotopic (exact) mass is 486 g/mol. The van der Waals surface area contributed by atoms with E-state index in [2.05, 4.69) is 6.07 Å². The first-order valence-corrected chi connectivity index (χ1v) is 11.4. The molecular formula is C27H26N4O5. The third-order valence-electron chi connectivity index (χ3n) is 6.43. The van der Waals surface area contributed by atoms with Crippen LogP contribution in [0.15, 0.2) is 71.2 Å². The molecule has 2 aromatic carbocycles. The Morgan fingerprint density at radius 1 is 1.08 bits per heavy atom. The van der Waals surface area contributed by atoms with Crippen molar-refractivity contribution in [2.75, 3.05) is 30.6 Å². The Bertz CT molecular complexity index is 1340. The number of allylic oxidation sites excluding steroid dienone is 1. The number of nitriles is 1. The zero-order chi connectivity index (χ0) is 26.0. The smallest absolute Gasteiger partial charge is 0.355 e. The number of hydrogen-bond donors (Lipinski definition) is 1. The SMILES string of the molecule is COC(=O)C1=C(C(=O)OC)N(c2cc(N3CCCC3=O)ccc2C)C(N)=C(C#N)C1c1ccccc1. The first-order chi connectivity index (χ1) is 17.3. The number of aryl methyl sites for hydroxylation is 1. The summed E-state index contributed by atoms with van der Waals surface area (Å²) in [7, 11) is 2.40. The van der Waals surface area contributed by atoms with Gasteiger partial charge in [0, 0.05) is 18.7 Å². The number of benzene rings is 2. The van der Waals surface area contributed by atoms with E-state index >= 15 is 0 Å².